The Balaban J connectivity index is 1.60. The second-order valence-electron chi connectivity index (χ2n) is 12.7. The molecule has 0 unspecified atom stereocenters. The van der Waals surface area contributed by atoms with Crippen molar-refractivity contribution in [1.82, 2.24) is 0 Å². The van der Waals surface area contributed by atoms with Gasteiger partial charge in [-0.3, -0.25) is 0 Å². The van der Waals surface area contributed by atoms with Gasteiger partial charge in [-0.15, -0.1) is 0 Å². The molecule has 0 fully saturated rings. The Morgan fingerprint density at radius 3 is 1.47 bits per heavy atom. The average Bonchev–Trinajstić information content (AvgIpc) is 3.21. The van der Waals surface area contributed by atoms with Gasteiger partial charge in [0.1, 0.15) is 17.2 Å². The highest BCUT2D eigenvalue weighted by Gasteiger charge is 2.15. The normalized spacial score (nSPS) is 10.4. The number of hydrogen-bond acceptors (Lipinski definition) is 10. The molecule has 0 saturated carbocycles. The summed E-state index contributed by atoms with van der Waals surface area (Å²) < 4.78 is 26.8. The predicted molar refractivity (Wildman–Crippen MR) is 224 cm³/mol. The van der Waals surface area contributed by atoms with Crippen molar-refractivity contribution in [3.8, 4) is 46.7 Å². The molecule has 10 heteroatoms. The molecule has 0 bridgehead atoms. The predicted octanol–water partition coefficient (Wildman–Crippen LogP) is 8.64. The number of benzene rings is 4. The summed E-state index contributed by atoms with van der Waals surface area (Å²) in [6.45, 7) is 20.5. The van der Waals surface area contributed by atoms with Crippen LogP contribution in [0, 0.1) is 23.7 Å². The Labute approximate surface area is 342 Å². The summed E-state index contributed by atoms with van der Waals surface area (Å²) in [5.74, 6) is 9.92. The highest BCUT2D eigenvalue weighted by molar-refractivity contribution is 5.93. The highest BCUT2D eigenvalue weighted by atomic mass is 16.5. The summed E-state index contributed by atoms with van der Waals surface area (Å²) in [6.07, 6.45) is 4.87. The van der Waals surface area contributed by atoms with Gasteiger partial charge >= 0.3 is 29.8 Å². The van der Waals surface area contributed by atoms with Crippen molar-refractivity contribution in [3.63, 3.8) is 0 Å². The third-order valence-electron chi connectivity index (χ3n) is 7.70. The van der Waals surface area contributed by atoms with Crippen LogP contribution < -0.4 is 18.9 Å². The second-order valence-corrected chi connectivity index (χ2v) is 12.7. The summed E-state index contributed by atoms with van der Waals surface area (Å²) in [6, 6.07) is 22.9. The largest absolute Gasteiger partial charge is 0.431 e. The number of esters is 5. The summed E-state index contributed by atoms with van der Waals surface area (Å²) in [4.78, 5) is 61.0. The van der Waals surface area contributed by atoms with Gasteiger partial charge in [-0.1, -0.05) is 62.1 Å². The van der Waals surface area contributed by atoms with Gasteiger partial charge in [0.2, 0.25) is 0 Å². The molecule has 0 aliphatic carbocycles. The van der Waals surface area contributed by atoms with Crippen molar-refractivity contribution in [2.75, 3.05) is 0 Å². The van der Waals surface area contributed by atoms with Crippen LogP contribution in [0.1, 0.15) is 61.1 Å². The number of allylic oxidation sites excluding steroid dienone is 1. The van der Waals surface area contributed by atoms with Crippen molar-refractivity contribution >= 4 is 41.5 Å². The third-order valence-corrected chi connectivity index (χ3v) is 7.70. The van der Waals surface area contributed by atoms with Gasteiger partial charge in [-0.05, 0) is 118 Å². The first-order valence-corrected chi connectivity index (χ1v) is 17.7. The average molecular weight is 787 g/mol. The fourth-order valence-electron chi connectivity index (χ4n) is 4.56. The van der Waals surface area contributed by atoms with Gasteiger partial charge in [-0.2, -0.15) is 0 Å². The zero-order valence-electron chi connectivity index (χ0n) is 32.8. The lowest BCUT2D eigenvalue weighted by molar-refractivity contribution is -0.133. The quantitative estimate of drug-likeness (QED) is 0.0452. The lowest BCUT2D eigenvalue weighted by Crippen LogP contribution is -2.08. The molecule has 0 aliphatic rings. The van der Waals surface area contributed by atoms with E-state index in [0.29, 0.717) is 39.3 Å². The van der Waals surface area contributed by atoms with Crippen LogP contribution in [0.2, 0.25) is 0 Å². The van der Waals surface area contributed by atoms with Crippen LogP contribution in [0.15, 0.2) is 146 Å². The lowest BCUT2D eigenvalue weighted by Gasteiger charge is -2.11. The van der Waals surface area contributed by atoms with E-state index in [9.17, 15) is 24.0 Å². The molecule has 0 aromatic heterocycles. The van der Waals surface area contributed by atoms with Crippen molar-refractivity contribution in [3.05, 3.63) is 180 Å². The summed E-state index contributed by atoms with van der Waals surface area (Å²) in [7, 11) is 0. The zero-order chi connectivity index (χ0) is 43.1. The number of ether oxygens (including phenoxy) is 5. The van der Waals surface area contributed by atoms with Crippen LogP contribution in [-0.4, -0.2) is 29.8 Å². The first-order valence-electron chi connectivity index (χ1n) is 17.7. The first-order chi connectivity index (χ1) is 28.1. The minimum Gasteiger partial charge on any atom is -0.431 e. The van der Waals surface area contributed by atoms with Gasteiger partial charge in [0, 0.05) is 51.1 Å². The number of carbonyl (C=O) groups is 5. The molecule has 4 aromatic rings. The lowest BCUT2D eigenvalue weighted by atomic mass is 10.0. The van der Waals surface area contributed by atoms with Gasteiger partial charge in [0.25, 0.3) is 0 Å². The monoisotopic (exact) mass is 786 g/mol. The van der Waals surface area contributed by atoms with E-state index in [1.165, 1.54) is 19.1 Å². The van der Waals surface area contributed by atoms with Crippen molar-refractivity contribution < 1.29 is 47.7 Å². The minimum absolute atomic E-state index is 0.0246. The summed E-state index contributed by atoms with van der Waals surface area (Å²) in [5, 5.41) is 0. The maximum Gasteiger partial charge on any atom is 0.338 e. The fraction of sp³-hybridized carbons (Fsp3) is 0.0816. The van der Waals surface area contributed by atoms with Gasteiger partial charge in [0.15, 0.2) is 5.75 Å². The third kappa shape index (κ3) is 13.2. The van der Waals surface area contributed by atoms with Crippen LogP contribution in [0.25, 0.3) is 11.6 Å². The number of rotatable bonds is 12. The van der Waals surface area contributed by atoms with E-state index in [1.807, 2.05) is 0 Å². The molecule has 0 radical (unpaired) electrons. The van der Waals surface area contributed by atoms with Crippen LogP contribution in [-0.2, 0) is 28.7 Å². The molecule has 4 rings (SSSR count). The van der Waals surface area contributed by atoms with E-state index in [2.05, 4.69) is 50.0 Å². The van der Waals surface area contributed by atoms with E-state index in [-0.39, 0.29) is 33.8 Å². The Morgan fingerprint density at radius 1 is 0.525 bits per heavy atom. The molecule has 4 aromatic carbocycles. The molecule has 294 valence electrons. The SMILES string of the molecule is C=CC(=O)Oc1c(C#Cc2ccc(OC(=O)C(=C)C)cc2)ccc(C#Cc2ccc(OC(=O)/C=C(\C)c3ccc(OC(=O)C(=C)C)cc3)cc2)c1/C=C/OC(=O)C(=C)C. The highest BCUT2D eigenvalue weighted by Crippen LogP contribution is 2.30. The topological polar surface area (TPSA) is 132 Å². The number of hydrogen-bond donors (Lipinski definition) is 0. The van der Waals surface area contributed by atoms with E-state index >= 15 is 0 Å². The van der Waals surface area contributed by atoms with Crippen molar-refractivity contribution in [2.24, 2.45) is 0 Å². The maximum atomic E-state index is 12.7. The Hall–Kier alpha value is -8.21. The van der Waals surface area contributed by atoms with Gasteiger partial charge < -0.3 is 23.7 Å². The van der Waals surface area contributed by atoms with E-state index in [0.717, 1.165) is 17.9 Å². The van der Waals surface area contributed by atoms with Crippen LogP contribution in [0.4, 0.5) is 0 Å². The van der Waals surface area contributed by atoms with Crippen molar-refractivity contribution in [2.45, 2.75) is 27.7 Å². The van der Waals surface area contributed by atoms with Crippen molar-refractivity contribution in [1.29, 1.82) is 0 Å². The van der Waals surface area contributed by atoms with Crippen LogP contribution in [0.5, 0.6) is 23.0 Å². The first kappa shape index (κ1) is 43.5. The second kappa shape index (κ2) is 20.6. The Bertz CT molecular complexity index is 2540. The Kier molecular flexibility index (Phi) is 15.2. The van der Waals surface area contributed by atoms with Crippen LogP contribution in [0.3, 0.4) is 0 Å². The number of carbonyl (C=O) groups excluding carboxylic acids is 5. The van der Waals surface area contributed by atoms with E-state index < -0.39 is 29.8 Å². The molecule has 0 amide bonds. The zero-order valence-corrected chi connectivity index (χ0v) is 32.8. The Morgan fingerprint density at radius 2 is 0.983 bits per heavy atom. The van der Waals surface area contributed by atoms with Crippen LogP contribution >= 0.6 is 0 Å². The van der Waals surface area contributed by atoms with E-state index in [1.54, 1.807) is 106 Å². The molecule has 0 saturated heterocycles. The van der Waals surface area contributed by atoms with Gasteiger partial charge in [-0.25, -0.2) is 24.0 Å². The summed E-state index contributed by atoms with van der Waals surface area (Å²) in [5.41, 5.74) is 4.12. The van der Waals surface area contributed by atoms with E-state index in [4.69, 9.17) is 23.7 Å². The molecule has 0 atom stereocenters. The molecule has 0 aliphatic heterocycles. The molecule has 0 N–H and O–H groups in total. The molecule has 10 nitrogen and oxygen atoms in total. The molecule has 0 heterocycles. The summed E-state index contributed by atoms with van der Waals surface area (Å²) >= 11 is 0. The smallest absolute Gasteiger partial charge is 0.338 e. The molecular weight excluding hydrogens is 749 g/mol. The maximum absolute atomic E-state index is 12.7. The molecular formula is C49H38O10. The molecule has 59 heavy (non-hydrogen) atoms. The molecule has 0 spiro atoms. The standard InChI is InChI=1S/C49H38O10/c1-9-44(50)59-46-39(17-11-36-14-24-41(25-15-36)57-48(53)32(4)5)19-18-38(43(46)28-29-55-47(52)31(2)3)16-10-35-12-22-40(23-13-35)56-45(51)30-34(8)37-20-26-42(27-21-37)58-49(54)33(6)7/h9,12-15,18-30H,1-2,4,6H2,3,5,7-8H3/b29-28+,34-30+. The minimum atomic E-state index is -0.773. The fourth-order valence-corrected chi connectivity index (χ4v) is 4.56. The van der Waals surface area contributed by atoms with Gasteiger partial charge in [0.05, 0.1) is 11.8 Å².